The van der Waals surface area contributed by atoms with E-state index >= 15 is 0 Å². The monoisotopic (exact) mass is 413 g/mol. The normalized spacial score (nSPS) is 19.6. The van der Waals surface area contributed by atoms with Crippen LogP contribution in [0.25, 0.3) is 0 Å². The van der Waals surface area contributed by atoms with Crippen LogP contribution in [0.2, 0.25) is 0 Å². The molecule has 0 aromatic heterocycles. The Kier molecular flexibility index (Phi) is 6.22. The van der Waals surface area contributed by atoms with Gasteiger partial charge in [0.15, 0.2) is 11.6 Å². The second-order valence-corrected chi connectivity index (χ2v) is 8.74. The summed E-state index contributed by atoms with van der Waals surface area (Å²) in [5.41, 5.74) is 3.93. The minimum Gasteiger partial charge on any atom is -0.375 e. The summed E-state index contributed by atoms with van der Waals surface area (Å²) in [6, 6.07) is 12.7. The molecule has 2 aliphatic rings. The number of fused-ring (bicyclic) bond motifs is 2. The summed E-state index contributed by atoms with van der Waals surface area (Å²) in [5, 5.41) is 3.71. The van der Waals surface area contributed by atoms with Crippen molar-refractivity contribution in [2.45, 2.75) is 64.3 Å². The molecule has 1 N–H and O–H groups in total. The summed E-state index contributed by atoms with van der Waals surface area (Å²) < 4.78 is 0. The van der Waals surface area contributed by atoms with E-state index in [9.17, 15) is 9.59 Å². The first kappa shape index (κ1) is 21.3. The average molecular weight is 414 g/mol. The van der Waals surface area contributed by atoms with Crippen molar-refractivity contribution in [2.24, 2.45) is 0 Å². The first-order valence-electron chi connectivity index (χ1n) is 11.6. The topological polar surface area (TPSA) is 46.2 Å². The third-order valence-corrected chi connectivity index (χ3v) is 6.48. The minimum atomic E-state index is -0.235. The molecule has 3 heteroatoms. The van der Waals surface area contributed by atoms with Crippen molar-refractivity contribution >= 4 is 17.3 Å². The maximum absolute atomic E-state index is 13.4. The van der Waals surface area contributed by atoms with Crippen LogP contribution in [0.1, 0.15) is 90.6 Å². The Morgan fingerprint density at radius 3 is 2.26 bits per heavy atom. The maximum atomic E-state index is 13.4. The van der Waals surface area contributed by atoms with Crippen LogP contribution in [-0.2, 0) is 0 Å². The Bertz CT molecular complexity index is 1060. The molecule has 4 rings (SSSR count). The van der Waals surface area contributed by atoms with Crippen molar-refractivity contribution in [3.63, 3.8) is 0 Å². The minimum absolute atomic E-state index is 0.0714. The molecule has 0 spiro atoms. The molecule has 160 valence electrons. The van der Waals surface area contributed by atoms with Crippen LogP contribution in [-0.4, -0.2) is 17.1 Å². The number of nitrogens with one attached hydrogen (secondary N) is 1. The van der Waals surface area contributed by atoms with Gasteiger partial charge in [0.2, 0.25) is 0 Å². The van der Waals surface area contributed by atoms with Crippen LogP contribution in [0.15, 0.2) is 66.3 Å². The van der Waals surface area contributed by atoms with E-state index in [1.165, 1.54) is 18.4 Å². The maximum Gasteiger partial charge on any atom is 0.196 e. The lowest BCUT2D eigenvalue weighted by Crippen LogP contribution is -2.38. The molecule has 0 amide bonds. The molecule has 1 unspecified atom stereocenters. The van der Waals surface area contributed by atoms with Crippen LogP contribution >= 0.6 is 0 Å². The van der Waals surface area contributed by atoms with Crippen LogP contribution in [0, 0.1) is 0 Å². The highest BCUT2D eigenvalue weighted by Gasteiger charge is 2.34. The van der Waals surface area contributed by atoms with Gasteiger partial charge in [-0.25, -0.2) is 0 Å². The van der Waals surface area contributed by atoms with Crippen molar-refractivity contribution in [3.05, 3.63) is 88.5 Å². The molecule has 2 aromatic carbocycles. The van der Waals surface area contributed by atoms with E-state index in [2.05, 4.69) is 37.4 Å². The average Bonchev–Trinajstić information content (AvgIpc) is 2.81. The van der Waals surface area contributed by atoms with E-state index in [0.717, 1.165) is 37.8 Å². The molecule has 0 bridgehead atoms. The lowest BCUT2D eigenvalue weighted by atomic mass is 9.80. The number of hydrogen-bond acceptors (Lipinski definition) is 3. The molecular formula is C28H31NO2. The van der Waals surface area contributed by atoms with Gasteiger partial charge in [-0.2, -0.15) is 0 Å². The predicted octanol–water partition coefficient (Wildman–Crippen LogP) is 6.88. The summed E-state index contributed by atoms with van der Waals surface area (Å²) >= 11 is 0. The van der Waals surface area contributed by atoms with Gasteiger partial charge in [0, 0.05) is 22.4 Å². The number of unbranched alkanes of at least 4 members (excludes halogenated alkanes) is 2. The zero-order valence-corrected chi connectivity index (χ0v) is 18.5. The second kappa shape index (κ2) is 9.05. The van der Waals surface area contributed by atoms with Crippen molar-refractivity contribution in [1.29, 1.82) is 0 Å². The van der Waals surface area contributed by atoms with Crippen LogP contribution in [0.4, 0.5) is 5.69 Å². The van der Waals surface area contributed by atoms with E-state index < -0.39 is 0 Å². The fourth-order valence-electron chi connectivity index (χ4n) is 4.63. The van der Waals surface area contributed by atoms with Crippen molar-refractivity contribution < 1.29 is 9.59 Å². The SMILES string of the molecule is CCCCC1=CCC(CCCC)(Nc2cccc3c2C(=O)c2ccccc2C3=O)C=C1. The number of anilines is 1. The fourth-order valence-corrected chi connectivity index (χ4v) is 4.63. The molecule has 2 aromatic rings. The zero-order valence-electron chi connectivity index (χ0n) is 18.5. The van der Waals surface area contributed by atoms with Gasteiger partial charge in [0.1, 0.15) is 0 Å². The third kappa shape index (κ3) is 4.14. The lowest BCUT2D eigenvalue weighted by Gasteiger charge is -2.36. The highest BCUT2D eigenvalue weighted by Crippen LogP contribution is 2.37. The first-order chi connectivity index (χ1) is 15.1. The van der Waals surface area contributed by atoms with Gasteiger partial charge < -0.3 is 5.32 Å². The Morgan fingerprint density at radius 1 is 0.871 bits per heavy atom. The fraction of sp³-hybridized carbons (Fsp3) is 0.357. The van der Waals surface area contributed by atoms with E-state index in [1.807, 2.05) is 24.3 Å². The quantitative estimate of drug-likeness (QED) is 0.438. The van der Waals surface area contributed by atoms with Crippen molar-refractivity contribution in [3.8, 4) is 0 Å². The van der Waals surface area contributed by atoms with Gasteiger partial charge in [0.25, 0.3) is 0 Å². The van der Waals surface area contributed by atoms with Gasteiger partial charge in [0.05, 0.1) is 11.1 Å². The van der Waals surface area contributed by atoms with E-state index in [-0.39, 0.29) is 17.1 Å². The van der Waals surface area contributed by atoms with Crippen molar-refractivity contribution in [2.75, 3.05) is 5.32 Å². The van der Waals surface area contributed by atoms with E-state index in [0.29, 0.717) is 22.3 Å². The van der Waals surface area contributed by atoms with Gasteiger partial charge in [-0.15, -0.1) is 0 Å². The van der Waals surface area contributed by atoms with Crippen molar-refractivity contribution in [1.82, 2.24) is 0 Å². The predicted molar refractivity (Wildman–Crippen MR) is 127 cm³/mol. The summed E-state index contributed by atoms with van der Waals surface area (Å²) in [4.78, 5) is 26.5. The highest BCUT2D eigenvalue weighted by atomic mass is 16.1. The number of benzene rings is 2. The first-order valence-corrected chi connectivity index (χ1v) is 11.6. The molecule has 0 fully saturated rings. The molecule has 0 aliphatic heterocycles. The summed E-state index contributed by atoms with van der Waals surface area (Å²) in [6.45, 7) is 4.42. The summed E-state index contributed by atoms with van der Waals surface area (Å²) in [6.07, 6.45) is 14.5. The molecule has 31 heavy (non-hydrogen) atoms. The number of carbonyl (C=O) groups is 2. The largest absolute Gasteiger partial charge is 0.375 e. The smallest absolute Gasteiger partial charge is 0.196 e. The van der Waals surface area contributed by atoms with E-state index in [4.69, 9.17) is 0 Å². The number of carbonyl (C=O) groups excluding carboxylic acids is 2. The molecule has 2 aliphatic carbocycles. The zero-order chi connectivity index (χ0) is 21.8. The Labute approximate surface area is 185 Å². The summed E-state index contributed by atoms with van der Waals surface area (Å²) in [7, 11) is 0. The Morgan fingerprint density at radius 2 is 1.58 bits per heavy atom. The van der Waals surface area contributed by atoms with E-state index in [1.54, 1.807) is 18.2 Å². The molecule has 0 radical (unpaired) electrons. The standard InChI is InChI=1S/C28H31NO2/c1-3-5-10-20-15-18-28(19-16-20,17-6-4-2)29-24-14-9-13-23-25(24)27(31)22-12-8-7-11-21(22)26(23)30/h7-9,11-16,18,29H,3-6,10,17,19H2,1-2H3. The molecular weight excluding hydrogens is 382 g/mol. The third-order valence-electron chi connectivity index (χ3n) is 6.48. The second-order valence-electron chi connectivity index (χ2n) is 8.74. The molecule has 0 saturated carbocycles. The number of allylic oxidation sites excluding steroid dienone is 2. The van der Waals surface area contributed by atoms with Gasteiger partial charge in [-0.1, -0.05) is 93.3 Å². The Hall–Kier alpha value is -2.94. The highest BCUT2D eigenvalue weighted by molar-refractivity contribution is 6.30. The van der Waals surface area contributed by atoms with Gasteiger partial charge in [-0.3, -0.25) is 9.59 Å². The molecule has 1 atom stereocenters. The van der Waals surface area contributed by atoms with Crippen LogP contribution in [0.5, 0.6) is 0 Å². The number of rotatable bonds is 8. The lowest BCUT2D eigenvalue weighted by molar-refractivity contribution is 0.0979. The van der Waals surface area contributed by atoms with Crippen LogP contribution < -0.4 is 5.32 Å². The van der Waals surface area contributed by atoms with Gasteiger partial charge >= 0.3 is 0 Å². The summed E-state index contributed by atoms with van der Waals surface area (Å²) in [5.74, 6) is -0.143. The number of ketones is 2. The molecule has 3 nitrogen and oxygen atoms in total. The Balaban J connectivity index is 1.69. The van der Waals surface area contributed by atoms with Crippen LogP contribution in [0.3, 0.4) is 0 Å². The van der Waals surface area contributed by atoms with Gasteiger partial charge in [-0.05, 0) is 31.7 Å². The number of hydrogen-bond donors (Lipinski definition) is 1. The molecule has 0 heterocycles. The molecule has 0 saturated heterocycles.